The van der Waals surface area contributed by atoms with E-state index in [1.54, 1.807) is 38.1 Å². The lowest BCUT2D eigenvalue weighted by molar-refractivity contribution is 0.0758. The van der Waals surface area contributed by atoms with Gasteiger partial charge in [-0.3, -0.25) is 0 Å². The molecule has 2 aromatic rings. The molecule has 1 aliphatic rings. The van der Waals surface area contributed by atoms with Crippen molar-refractivity contribution >= 4 is 16.0 Å². The first-order valence-electron chi connectivity index (χ1n) is 9.35. The Morgan fingerprint density at radius 1 is 1.21 bits per heavy atom. The fourth-order valence-corrected chi connectivity index (χ4v) is 5.32. The van der Waals surface area contributed by atoms with Crippen LogP contribution >= 0.6 is 0 Å². The van der Waals surface area contributed by atoms with Gasteiger partial charge in [-0.25, -0.2) is 18.1 Å². The van der Waals surface area contributed by atoms with Gasteiger partial charge in [0, 0.05) is 6.61 Å². The molecule has 29 heavy (non-hydrogen) atoms. The van der Waals surface area contributed by atoms with Crippen LogP contribution in [0.25, 0.3) is 0 Å². The molecule has 7 nitrogen and oxygen atoms in total. The molecule has 8 heteroatoms. The lowest BCUT2D eigenvalue weighted by Crippen LogP contribution is -2.53. The summed E-state index contributed by atoms with van der Waals surface area (Å²) in [5.74, 6) is 0.569. The van der Waals surface area contributed by atoms with Gasteiger partial charge >= 0.3 is 0 Å². The molecule has 0 amide bonds. The molecular formula is C21H26N2O5S. The van der Waals surface area contributed by atoms with Crippen LogP contribution in [0.15, 0.2) is 59.6 Å². The van der Waals surface area contributed by atoms with Crippen molar-refractivity contribution in [3.05, 3.63) is 65.7 Å². The number of hydrogen-bond acceptors (Lipinski definition) is 6. The van der Waals surface area contributed by atoms with Gasteiger partial charge in [0.15, 0.2) is 0 Å². The highest BCUT2D eigenvalue weighted by molar-refractivity contribution is 7.90. The maximum absolute atomic E-state index is 13.1. The molecule has 0 radical (unpaired) electrons. The van der Waals surface area contributed by atoms with Gasteiger partial charge in [-0.2, -0.15) is 0 Å². The molecule has 1 saturated heterocycles. The number of rotatable bonds is 6. The number of amidine groups is 1. The van der Waals surface area contributed by atoms with E-state index in [9.17, 15) is 13.5 Å². The Hall–Kier alpha value is -2.58. The van der Waals surface area contributed by atoms with E-state index in [-0.39, 0.29) is 12.6 Å². The van der Waals surface area contributed by atoms with Gasteiger partial charge in [0.25, 0.3) is 6.02 Å². The largest absolute Gasteiger partial charge is 0.497 e. The van der Waals surface area contributed by atoms with Crippen LogP contribution in [0.1, 0.15) is 42.7 Å². The molecule has 2 N–H and O–H groups in total. The van der Waals surface area contributed by atoms with Crippen LogP contribution < -0.4 is 9.46 Å². The van der Waals surface area contributed by atoms with Crippen LogP contribution in [-0.2, 0) is 14.8 Å². The Morgan fingerprint density at radius 2 is 1.93 bits per heavy atom. The normalized spacial score (nSPS) is 22.3. The lowest BCUT2D eigenvalue weighted by atomic mass is 9.97. The summed E-state index contributed by atoms with van der Waals surface area (Å²) in [4.78, 5) is 4.47. The number of nitrogens with one attached hydrogen (secondary N) is 1. The fourth-order valence-electron chi connectivity index (χ4n) is 3.56. The molecule has 2 unspecified atom stereocenters. The van der Waals surface area contributed by atoms with Crippen LogP contribution in [0.3, 0.4) is 0 Å². The van der Waals surface area contributed by atoms with E-state index in [1.165, 1.54) is 7.11 Å². The summed E-state index contributed by atoms with van der Waals surface area (Å²) in [5.41, 5.74) is 0.357. The van der Waals surface area contributed by atoms with Crippen LogP contribution in [0.5, 0.6) is 5.75 Å². The second-order valence-corrected chi connectivity index (χ2v) is 9.15. The summed E-state index contributed by atoms with van der Waals surface area (Å²) in [5, 5.41) is 8.47. The van der Waals surface area contributed by atoms with Crippen LogP contribution in [-0.4, -0.2) is 38.9 Å². The second kappa shape index (κ2) is 8.42. The topological polar surface area (TPSA) is 97.2 Å². The molecule has 1 fully saturated rings. The first-order valence-corrected chi connectivity index (χ1v) is 10.9. The second-order valence-electron chi connectivity index (χ2n) is 7.38. The van der Waals surface area contributed by atoms with Crippen molar-refractivity contribution in [3.63, 3.8) is 0 Å². The van der Waals surface area contributed by atoms with E-state index in [4.69, 9.17) is 9.47 Å². The number of ether oxygens (including phenoxy) is 2. The number of aliphatic hydroxyl groups is 1. The van der Waals surface area contributed by atoms with E-state index in [1.807, 2.05) is 30.3 Å². The highest BCUT2D eigenvalue weighted by Gasteiger charge is 2.48. The summed E-state index contributed by atoms with van der Waals surface area (Å²) in [7, 11) is -2.29. The van der Waals surface area contributed by atoms with Crippen molar-refractivity contribution in [2.75, 3.05) is 13.7 Å². The Bertz CT molecular complexity index is 974. The maximum Gasteiger partial charge on any atom is 0.299 e. The van der Waals surface area contributed by atoms with Crippen LogP contribution in [0.2, 0.25) is 0 Å². The van der Waals surface area contributed by atoms with Crippen molar-refractivity contribution in [1.82, 2.24) is 4.72 Å². The highest BCUT2D eigenvalue weighted by atomic mass is 32.2. The molecule has 3 rings (SSSR count). The lowest BCUT2D eigenvalue weighted by Gasteiger charge is -2.39. The number of methoxy groups -OCH3 is 1. The molecule has 2 aromatic carbocycles. The number of nitrogens with zero attached hydrogens (tertiary/aromatic N) is 1. The molecule has 0 bridgehead atoms. The minimum absolute atomic E-state index is 0.0727. The third-order valence-electron chi connectivity index (χ3n) is 4.79. The van der Waals surface area contributed by atoms with Gasteiger partial charge in [0.2, 0.25) is 10.0 Å². The Labute approximate surface area is 171 Å². The number of benzene rings is 2. The summed E-state index contributed by atoms with van der Waals surface area (Å²) in [6.07, 6.45) is 0.346. The average Bonchev–Trinajstić information content (AvgIpc) is 2.66. The van der Waals surface area contributed by atoms with Crippen molar-refractivity contribution in [2.24, 2.45) is 4.99 Å². The number of aliphatic imine (C=N–C) groups is 1. The first kappa shape index (κ1) is 21.1. The molecule has 156 valence electrons. The molecule has 2 atom stereocenters. The quantitative estimate of drug-likeness (QED) is 0.752. The average molecular weight is 419 g/mol. The summed E-state index contributed by atoms with van der Waals surface area (Å²) in [6, 6.07) is 15.8. The summed E-state index contributed by atoms with van der Waals surface area (Å²) < 4.78 is 39.9. The Balaban J connectivity index is 1.96. The molecule has 0 aliphatic carbocycles. The molecule has 0 aromatic heterocycles. The van der Waals surface area contributed by atoms with E-state index >= 15 is 0 Å². The summed E-state index contributed by atoms with van der Waals surface area (Å²) in [6.45, 7) is 3.35. The number of aliphatic hydroxyl groups excluding tert-OH is 1. The third kappa shape index (κ3) is 4.71. The van der Waals surface area contributed by atoms with Gasteiger partial charge in [-0.1, -0.05) is 42.5 Å². The molecular weight excluding hydrogens is 392 g/mol. The number of hydrogen-bond donors (Lipinski definition) is 2. The van der Waals surface area contributed by atoms with Gasteiger partial charge in [-0.15, -0.1) is 0 Å². The van der Waals surface area contributed by atoms with Gasteiger partial charge in [0.05, 0.1) is 13.2 Å². The van der Waals surface area contributed by atoms with Gasteiger partial charge in [0.1, 0.15) is 16.6 Å². The molecule has 0 spiro atoms. The molecule has 1 aliphatic heterocycles. The van der Waals surface area contributed by atoms with Crippen LogP contribution in [0.4, 0.5) is 0 Å². The predicted molar refractivity (Wildman–Crippen MR) is 111 cm³/mol. The van der Waals surface area contributed by atoms with Crippen molar-refractivity contribution in [1.29, 1.82) is 0 Å². The Morgan fingerprint density at radius 3 is 2.55 bits per heavy atom. The van der Waals surface area contributed by atoms with Gasteiger partial charge < -0.3 is 14.6 Å². The highest BCUT2D eigenvalue weighted by Crippen LogP contribution is 2.40. The summed E-state index contributed by atoms with van der Waals surface area (Å²) >= 11 is 0. The van der Waals surface area contributed by atoms with Crippen molar-refractivity contribution in [2.45, 2.75) is 37.2 Å². The standard InChI is InChI=1S/C21H26N2O5S/c1-21(2)19(16-10-7-11-17(14-16)27-3)29(25,26)23-20(28-21)22-18(12-13-24)15-8-5-4-6-9-15/h4-11,14,18-19,24H,12-13H2,1-3H3,(H,22,23). The molecule has 0 saturated carbocycles. The van der Waals surface area contributed by atoms with Crippen LogP contribution in [0, 0.1) is 0 Å². The monoisotopic (exact) mass is 418 g/mol. The van der Waals surface area contributed by atoms with E-state index in [2.05, 4.69) is 9.71 Å². The SMILES string of the molecule is COc1cccc(C2C(C)(C)OC(=NC(CCO)c3ccccc3)NS2(=O)=O)c1. The van der Waals surface area contributed by atoms with E-state index in [0.29, 0.717) is 17.7 Å². The van der Waals surface area contributed by atoms with E-state index in [0.717, 1.165) is 5.56 Å². The minimum Gasteiger partial charge on any atom is -0.497 e. The third-order valence-corrected chi connectivity index (χ3v) is 6.71. The predicted octanol–water partition coefficient (Wildman–Crippen LogP) is 2.94. The molecule has 1 heterocycles. The fraction of sp³-hybridized carbons (Fsp3) is 0.381. The van der Waals surface area contributed by atoms with E-state index < -0.39 is 26.9 Å². The maximum atomic E-state index is 13.1. The van der Waals surface area contributed by atoms with Crippen molar-refractivity contribution < 1.29 is 23.0 Å². The Kier molecular flexibility index (Phi) is 6.14. The minimum atomic E-state index is -3.82. The zero-order valence-electron chi connectivity index (χ0n) is 16.7. The first-order chi connectivity index (χ1) is 13.8. The van der Waals surface area contributed by atoms with Crippen molar-refractivity contribution in [3.8, 4) is 5.75 Å². The number of sulfonamides is 1. The smallest absolute Gasteiger partial charge is 0.299 e. The van der Waals surface area contributed by atoms with Gasteiger partial charge in [-0.05, 0) is 43.5 Å². The zero-order valence-corrected chi connectivity index (χ0v) is 17.5. The zero-order chi connectivity index (χ0) is 21.1.